The molecular weight excluding hydrogens is 276 g/mol. The fourth-order valence-electron chi connectivity index (χ4n) is 1.53. The molecule has 0 saturated heterocycles. The molecule has 0 spiro atoms. The second-order valence-corrected chi connectivity index (χ2v) is 4.72. The molecule has 0 aliphatic carbocycles. The van der Waals surface area contributed by atoms with E-state index in [0.717, 1.165) is 4.42 Å². The number of nitrogens with two attached hydrogens (primary N) is 1. The van der Waals surface area contributed by atoms with E-state index in [2.05, 4.69) is 4.98 Å². The van der Waals surface area contributed by atoms with E-state index in [4.69, 9.17) is 22.9 Å². The molecule has 2 aromatic rings. The van der Waals surface area contributed by atoms with E-state index in [0.29, 0.717) is 16.5 Å². The normalized spacial score (nSPS) is 12.3. The van der Waals surface area contributed by atoms with Crippen LogP contribution >= 0.6 is 11.8 Å². The number of fused-ring (bicyclic) bond motifs is 1. The van der Waals surface area contributed by atoms with Gasteiger partial charge in [-0.25, -0.2) is 4.42 Å². The maximum atomic E-state index is 10.9. The van der Waals surface area contributed by atoms with Gasteiger partial charge in [-0.1, -0.05) is 6.07 Å². The minimum atomic E-state index is -2.30. The number of benzene rings is 1. The first-order chi connectivity index (χ1) is 8.50. The number of nitrogens with zero attached hydrogens (tertiary/aromatic N) is 2. The van der Waals surface area contributed by atoms with Crippen molar-refractivity contribution in [2.75, 3.05) is 4.42 Å². The van der Waals surface area contributed by atoms with Crippen LogP contribution in [0.15, 0.2) is 35.5 Å². The number of hydrogen-bond acceptors (Lipinski definition) is 4. The van der Waals surface area contributed by atoms with Crippen molar-refractivity contribution in [3.05, 3.63) is 30.6 Å². The van der Waals surface area contributed by atoms with Crippen LogP contribution in [0.25, 0.3) is 10.8 Å². The van der Waals surface area contributed by atoms with Gasteiger partial charge in [-0.3, -0.25) is 14.6 Å². The van der Waals surface area contributed by atoms with E-state index in [1.807, 2.05) is 0 Å². The number of anilines is 1. The van der Waals surface area contributed by atoms with Crippen LogP contribution in [0.5, 0.6) is 0 Å². The molecule has 0 aliphatic rings. The Morgan fingerprint density at radius 3 is 2.83 bits per heavy atom. The number of nitrogens with one attached hydrogen (secondary N) is 1. The molecule has 94 valence electrons. The maximum absolute atomic E-state index is 10.9. The van der Waals surface area contributed by atoms with Crippen LogP contribution in [0.1, 0.15) is 0 Å². The van der Waals surface area contributed by atoms with E-state index in [9.17, 15) is 8.76 Å². The average molecular weight is 284 g/mol. The standard InChI is InChI=1S/C10H9ClN4O2S/c11-15(10(12)13)9-5-14-4-6-3-7(18(16)17)1-2-8(6)9/h1-5H,(H3,12,13)(H,16,17)/p-1. The Hall–Kier alpha value is -1.70. The molecule has 8 heteroatoms. The van der Waals surface area contributed by atoms with Gasteiger partial charge in [-0.05, 0) is 23.2 Å². The van der Waals surface area contributed by atoms with Gasteiger partial charge in [0.05, 0.1) is 11.9 Å². The van der Waals surface area contributed by atoms with Gasteiger partial charge in [0.1, 0.15) is 0 Å². The Kier molecular flexibility index (Phi) is 3.46. The number of rotatable bonds is 2. The summed E-state index contributed by atoms with van der Waals surface area (Å²) in [6, 6.07) is 4.51. The van der Waals surface area contributed by atoms with Crippen LogP contribution < -0.4 is 10.2 Å². The fraction of sp³-hybridized carbons (Fsp3) is 0. The molecule has 0 amide bonds. The number of guanidine groups is 1. The van der Waals surface area contributed by atoms with Crippen LogP contribution in [-0.4, -0.2) is 19.7 Å². The first-order valence-corrected chi connectivity index (χ1v) is 6.19. The number of aromatic nitrogens is 1. The lowest BCUT2D eigenvalue weighted by molar-refractivity contribution is 0.537. The molecule has 0 aliphatic heterocycles. The summed E-state index contributed by atoms with van der Waals surface area (Å²) in [7, 11) is 0. The minimum absolute atomic E-state index is 0.158. The summed E-state index contributed by atoms with van der Waals surface area (Å²) in [5.41, 5.74) is 5.71. The highest BCUT2D eigenvalue weighted by Gasteiger charge is 2.11. The van der Waals surface area contributed by atoms with E-state index in [-0.39, 0.29) is 10.9 Å². The molecule has 1 aromatic heterocycles. The molecule has 0 bridgehead atoms. The molecule has 2 rings (SSSR count). The summed E-state index contributed by atoms with van der Waals surface area (Å²) < 4.78 is 22.7. The predicted molar refractivity (Wildman–Crippen MR) is 69.2 cm³/mol. The van der Waals surface area contributed by atoms with Crippen molar-refractivity contribution in [3.8, 4) is 0 Å². The molecule has 18 heavy (non-hydrogen) atoms. The lowest BCUT2D eigenvalue weighted by Crippen LogP contribution is -2.28. The molecular formula is C10H8ClN4O2S-. The van der Waals surface area contributed by atoms with Gasteiger partial charge in [0.15, 0.2) is 0 Å². The van der Waals surface area contributed by atoms with E-state index in [1.54, 1.807) is 6.07 Å². The van der Waals surface area contributed by atoms with Crippen molar-refractivity contribution in [2.45, 2.75) is 4.90 Å². The third-order valence-electron chi connectivity index (χ3n) is 2.32. The minimum Gasteiger partial charge on any atom is -0.768 e. The van der Waals surface area contributed by atoms with Crippen LogP contribution in [0.4, 0.5) is 5.69 Å². The van der Waals surface area contributed by atoms with Crippen molar-refractivity contribution in [2.24, 2.45) is 5.73 Å². The third kappa shape index (κ3) is 2.28. The first kappa shape index (κ1) is 12.7. The van der Waals surface area contributed by atoms with Crippen molar-refractivity contribution in [1.29, 1.82) is 5.41 Å². The Morgan fingerprint density at radius 2 is 2.22 bits per heavy atom. The van der Waals surface area contributed by atoms with Gasteiger partial charge < -0.3 is 10.3 Å². The number of halogens is 1. The van der Waals surface area contributed by atoms with Crippen molar-refractivity contribution in [1.82, 2.24) is 4.98 Å². The molecule has 0 saturated carbocycles. The highest BCUT2D eigenvalue weighted by molar-refractivity contribution is 7.79. The summed E-state index contributed by atoms with van der Waals surface area (Å²) in [5, 5.41) is 8.52. The summed E-state index contributed by atoms with van der Waals surface area (Å²) in [6.07, 6.45) is 2.96. The topological polar surface area (TPSA) is 106 Å². The summed E-state index contributed by atoms with van der Waals surface area (Å²) in [6.45, 7) is 0. The van der Waals surface area contributed by atoms with Gasteiger partial charge in [-0.2, -0.15) is 0 Å². The molecule has 1 unspecified atom stereocenters. The van der Waals surface area contributed by atoms with Crippen molar-refractivity contribution in [3.63, 3.8) is 0 Å². The highest BCUT2D eigenvalue weighted by Crippen LogP contribution is 2.28. The Morgan fingerprint density at radius 1 is 1.50 bits per heavy atom. The van der Waals surface area contributed by atoms with Crippen LogP contribution in [0.3, 0.4) is 0 Å². The smallest absolute Gasteiger partial charge is 0.208 e. The van der Waals surface area contributed by atoms with E-state index in [1.165, 1.54) is 24.5 Å². The largest absolute Gasteiger partial charge is 0.768 e. The second kappa shape index (κ2) is 4.89. The van der Waals surface area contributed by atoms with Crippen molar-refractivity contribution < 1.29 is 8.76 Å². The third-order valence-corrected chi connectivity index (χ3v) is 3.33. The zero-order chi connectivity index (χ0) is 13.3. The summed E-state index contributed by atoms with van der Waals surface area (Å²) in [4.78, 5) is 4.10. The van der Waals surface area contributed by atoms with Gasteiger partial charge in [-0.15, -0.1) is 0 Å². The Labute approximate surface area is 110 Å². The lowest BCUT2D eigenvalue weighted by Gasteiger charge is -2.15. The summed E-state index contributed by atoms with van der Waals surface area (Å²) >= 11 is 3.54. The van der Waals surface area contributed by atoms with Crippen LogP contribution in [0.2, 0.25) is 0 Å². The SMILES string of the molecule is N=C(N)N(Cl)c1cncc2cc(S(=O)[O-])ccc12. The zero-order valence-corrected chi connectivity index (χ0v) is 10.5. The number of pyridine rings is 1. The fourth-order valence-corrected chi connectivity index (χ4v) is 2.07. The van der Waals surface area contributed by atoms with Crippen LogP contribution in [0, 0.1) is 5.41 Å². The van der Waals surface area contributed by atoms with E-state index >= 15 is 0 Å². The monoisotopic (exact) mass is 283 g/mol. The van der Waals surface area contributed by atoms with Gasteiger partial charge >= 0.3 is 0 Å². The van der Waals surface area contributed by atoms with Crippen molar-refractivity contribution >= 4 is 45.3 Å². The van der Waals surface area contributed by atoms with Crippen LogP contribution in [-0.2, 0) is 11.1 Å². The molecule has 0 fully saturated rings. The Balaban J connectivity index is 2.64. The maximum Gasteiger partial charge on any atom is 0.208 e. The van der Waals surface area contributed by atoms with E-state index < -0.39 is 11.1 Å². The quantitative estimate of drug-likeness (QED) is 0.374. The highest BCUT2D eigenvalue weighted by atomic mass is 35.5. The molecule has 3 N–H and O–H groups in total. The molecule has 1 heterocycles. The molecule has 1 atom stereocenters. The zero-order valence-electron chi connectivity index (χ0n) is 8.96. The van der Waals surface area contributed by atoms with Gasteiger partial charge in [0, 0.05) is 33.6 Å². The number of hydrogen-bond donors (Lipinski definition) is 2. The second-order valence-electron chi connectivity index (χ2n) is 3.44. The lowest BCUT2D eigenvalue weighted by atomic mass is 10.1. The molecule has 0 radical (unpaired) electrons. The first-order valence-electron chi connectivity index (χ1n) is 4.77. The molecule has 1 aromatic carbocycles. The molecule has 6 nitrogen and oxygen atoms in total. The predicted octanol–water partition coefficient (Wildman–Crippen LogP) is 1.33. The summed E-state index contributed by atoms with van der Waals surface area (Å²) in [5.74, 6) is -0.345. The van der Waals surface area contributed by atoms with Gasteiger partial charge in [0.25, 0.3) is 0 Å². The Bertz CT molecular complexity index is 649. The van der Waals surface area contributed by atoms with Gasteiger partial charge in [0.2, 0.25) is 5.96 Å². The average Bonchev–Trinajstić information content (AvgIpc) is 2.36.